The highest BCUT2D eigenvalue weighted by Gasteiger charge is 2.24. The van der Waals surface area contributed by atoms with Crippen LogP contribution in [0.5, 0.6) is 0 Å². The van der Waals surface area contributed by atoms with E-state index in [1.54, 1.807) is 12.1 Å². The first-order chi connectivity index (χ1) is 8.47. The Kier molecular flexibility index (Phi) is 4.02. The van der Waals surface area contributed by atoms with Crippen molar-refractivity contribution in [3.8, 4) is 0 Å². The predicted octanol–water partition coefficient (Wildman–Crippen LogP) is 2.76. The SMILES string of the molecule is CC1CN(c2ccc(Cl)c(C(=O)O)n2)CC(C)S1. The fourth-order valence-electron chi connectivity index (χ4n) is 2.12. The summed E-state index contributed by atoms with van der Waals surface area (Å²) < 4.78 is 0. The van der Waals surface area contributed by atoms with Crippen molar-refractivity contribution < 1.29 is 9.90 Å². The Balaban J connectivity index is 2.28. The van der Waals surface area contributed by atoms with Crippen molar-refractivity contribution in [1.29, 1.82) is 0 Å². The molecule has 1 aliphatic rings. The zero-order chi connectivity index (χ0) is 13.3. The molecule has 1 saturated heterocycles. The van der Waals surface area contributed by atoms with E-state index >= 15 is 0 Å². The lowest BCUT2D eigenvalue weighted by Gasteiger charge is -2.35. The lowest BCUT2D eigenvalue weighted by atomic mass is 10.3. The molecule has 6 heteroatoms. The summed E-state index contributed by atoms with van der Waals surface area (Å²) in [5, 5.41) is 10.2. The van der Waals surface area contributed by atoms with Gasteiger partial charge >= 0.3 is 5.97 Å². The Labute approximate surface area is 115 Å². The Bertz CT molecular complexity index is 459. The highest BCUT2D eigenvalue weighted by molar-refractivity contribution is 8.00. The molecule has 2 unspecified atom stereocenters. The lowest BCUT2D eigenvalue weighted by molar-refractivity contribution is 0.0691. The number of carbonyl (C=O) groups is 1. The second kappa shape index (κ2) is 5.36. The maximum Gasteiger partial charge on any atom is 0.356 e. The van der Waals surface area contributed by atoms with Gasteiger partial charge in [-0.3, -0.25) is 0 Å². The van der Waals surface area contributed by atoms with Crippen LogP contribution < -0.4 is 4.90 Å². The van der Waals surface area contributed by atoms with E-state index in [0.717, 1.165) is 13.1 Å². The normalized spacial score (nSPS) is 24.1. The second-order valence-electron chi connectivity index (χ2n) is 4.47. The van der Waals surface area contributed by atoms with E-state index in [4.69, 9.17) is 16.7 Å². The van der Waals surface area contributed by atoms with Gasteiger partial charge in [0.1, 0.15) is 5.82 Å². The maximum absolute atomic E-state index is 11.0. The van der Waals surface area contributed by atoms with Crippen LogP contribution in [0.1, 0.15) is 24.3 Å². The number of thioether (sulfide) groups is 1. The molecule has 0 spiro atoms. The first-order valence-electron chi connectivity index (χ1n) is 5.77. The number of anilines is 1. The fourth-order valence-corrected chi connectivity index (χ4v) is 3.63. The summed E-state index contributed by atoms with van der Waals surface area (Å²) in [4.78, 5) is 17.3. The topological polar surface area (TPSA) is 53.4 Å². The largest absolute Gasteiger partial charge is 0.476 e. The van der Waals surface area contributed by atoms with E-state index in [1.165, 1.54) is 0 Å². The number of carboxylic acid groups (broad SMARTS) is 1. The number of rotatable bonds is 2. The van der Waals surface area contributed by atoms with Gasteiger partial charge in [-0.2, -0.15) is 11.8 Å². The van der Waals surface area contributed by atoms with Crippen molar-refractivity contribution >= 4 is 35.1 Å². The van der Waals surface area contributed by atoms with Crippen LogP contribution in [0.15, 0.2) is 12.1 Å². The molecule has 1 aromatic rings. The highest BCUT2D eigenvalue weighted by atomic mass is 35.5. The van der Waals surface area contributed by atoms with Gasteiger partial charge in [-0.1, -0.05) is 25.4 Å². The van der Waals surface area contributed by atoms with Gasteiger partial charge in [0, 0.05) is 23.6 Å². The van der Waals surface area contributed by atoms with Crippen LogP contribution in [0.2, 0.25) is 5.02 Å². The molecule has 0 aliphatic carbocycles. The van der Waals surface area contributed by atoms with E-state index in [1.807, 2.05) is 11.8 Å². The third-order valence-electron chi connectivity index (χ3n) is 2.78. The fraction of sp³-hybridized carbons (Fsp3) is 0.500. The highest BCUT2D eigenvalue weighted by Crippen LogP contribution is 2.28. The monoisotopic (exact) mass is 286 g/mol. The first-order valence-corrected chi connectivity index (χ1v) is 7.09. The molecule has 0 aromatic carbocycles. The molecular weight excluding hydrogens is 272 g/mol. The number of nitrogens with zero attached hydrogens (tertiary/aromatic N) is 2. The third-order valence-corrected chi connectivity index (χ3v) is 4.31. The number of hydrogen-bond acceptors (Lipinski definition) is 4. The number of aromatic carboxylic acids is 1. The van der Waals surface area contributed by atoms with E-state index in [2.05, 4.69) is 23.7 Å². The van der Waals surface area contributed by atoms with E-state index in [0.29, 0.717) is 16.3 Å². The molecule has 1 N–H and O–H groups in total. The van der Waals surface area contributed by atoms with Crippen molar-refractivity contribution in [2.24, 2.45) is 0 Å². The number of hydrogen-bond donors (Lipinski definition) is 1. The number of pyridine rings is 1. The summed E-state index contributed by atoms with van der Waals surface area (Å²) in [7, 11) is 0. The summed E-state index contributed by atoms with van der Waals surface area (Å²) in [6.07, 6.45) is 0. The van der Waals surface area contributed by atoms with Crippen molar-refractivity contribution in [3.63, 3.8) is 0 Å². The summed E-state index contributed by atoms with van der Waals surface area (Å²) >= 11 is 7.76. The van der Waals surface area contributed by atoms with Gasteiger partial charge in [0.15, 0.2) is 5.69 Å². The molecule has 2 atom stereocenters. The molecule has 2 rings (SSSR count). The Hall–Kier alpha value is -0.940. The van der Waals surface area contributed by atoms with Gasteiger partial charge in [-0.25, -0.2) is 9.78 Å². The van der Waals surface area contributed by atoms with Crippen LogP contribution in [-0.4, -0.2) is 39.6 Å². The van der Waals surface area contributed by atoms with E-state index in [9.17, 15) is 4.79 Å². The van der Waals surface area contributed by atoms with Crippen LogP contribution in [0.3, 0.4) is 0 Å². The van der Waals surface area contributed by atoms with Crippen molar-refractivity contribution in [1.82, 2.24) is 4.98 Å². The molecule has 0 radical (unpaired) electrons. The molecule has 4 nitrogen and oxygen atoms in total. The van der Waals surface area contributed by atoms with Crippen LogP contribution in [0, 0.1) is 0 Å². The van der Waals surface area contributed by atoms with Gasteiger partial charge in [0.2, 0.25) is 0 Å². The zero-order valence-electron chi connectivity index (χ0n) is 10.3. The summed E-state index contributed by atoms with van der Waals surface area (Å²) in [6.45, 7) is 6.09. The van der Waals surface area contributed by atoms with Crippen molar-refractivity contribution in [2.45, 2.75) is 24.3 Å². The molecule has 0 amide bonds. The van der Waals surface area contributed by atoms with Gasteiger partial charge in [-0.05, 0) is 12.1 Å². The van der Waals surface area contributed by atoms with Crippen molar-refractivity contribution in [3.05, 3.63) is 22.8 Å². The van der Waals surface area contributed by atoms with Crippen molar-refractivity contribution in [2.75, 3.05) is 18.0 Å². The molecule has 1 aliphatic heterocycles. The molecule has 18 heavy (non-hydrogen) atoms. The molecule has 0 bridgehead atoms. The average Bonchev–Trinajstić information content (AvgIpc) is 2.27. The second-order valence-corrected chi connectivity index (χ2v) is 6.76. The lowest BCUT2D eigenvalue weighted by Crippen LogP contribution is -2.41. The zero-order valence-corrected chi connectivity index (χ0v) is 11.8. The minimum absolute atomic E-state index is 0.0762. The Morgan fingerprint density at radius 3 is 2.61 bits per heavy atom. The Morgan fingerprint density at radius 1 is 1.44 bits per heavy atom. The predicted molar refractivity (Wildman–Crippen MR) is 74.9 cm³/mol. The van der Waals surface area contributed by atoms with Gasteiger partial charge < -0.3 is 10.0 Å². The molecule has 1 fully saturated rings. The summed E-state index contributed by atoms with van der Waals surface area (Å²) in [5.41, 5.74) is -0.0762. The molecule has 1 aromatic heterocycles. The van der Waals surface area contributed by atoms with E-state index in [-0.39, 0.29) is 10.7 Å². The molecule has 98 valence electrons. The van der Waals surface area contributed by atoms with Gasteiger partial charge in [-0.15, -0.1) is 0 Å². The standard InChI is InChI=1S/C12H15ClN2O2S/c1-7-5-15(6-8(2)18-7)10-4-3-9(13)11(14-10)12(16)17/h3-4,7-8H,5-6H2,1-2H3,(H,16,17). The summed E-state index contributed by atoms with van der Waals surface area (Å²) in [5.74, 6) is -0.398. The maximum atomic E-state index is 11.0. The summed E-state index contributed by atoms with van der Waals surface area (Å²) in [6, 6.07) is 3.38. The minimum Gasteiger partial charge on any atom is -0.476 e. The quantitative estimate of drug-likeness (QED) is 0.906. The van der Waals surface area contributed by atoms with Crippen LogP contribution in [0.25, 0.3) is 0 Å². The number of carboxylic acids is 1. The third kappa shape index (κ3) is 2.90. The van der Waals surface area contributed by atoms with Gasteiger partial charge in [0.25, 0.3) is 0 Å². The number of aromatic nitrogens is 1. The minimum atomic E-state index is -1.09. The average molecular weight is 287 g/mol. The molecule has 0 saturated carbocycles. The van der Waals surface area contributed by atoms with Crippen LogP contribution in [0.4, 0.5) is 5.82 Å². The first kappa shape index (κ1) is 13.5. The number of halogens is 1. The van der Waals surface area contributed by atoms with E-state index < -0.39 is 5.97 Å². The van der Waals surface area contributed by atoms with Crippen LogP contribution >= 0.6 is 23.4 Å². The smallest absolute Gasteiger partial charge is 0.356 e. The molecule has 2 heterocycles. The van der Waals surface area contributed by atoms with Crippen LogP contribution in [-0.2, 0) is 0 Å². The van der Waals surface area contributed by atoms with Gasteiger partial charge in [0.05, 0.1) is 5.02 Å². The molecular formula is C12H15ClN2O2S. The Morgan fingerprint density at radius 2 is 2.06 bits per heavy atom.